The number of hydrogen-bond acceptors (Lipinski definition) is 4. The Morgan fingerprint density at radius 2 is 1.83 bits per heavy atom. The lowest BCUT2D eigenvalue weighted by Gasteiger charge is -2.11. The van der Waals surface area contributed by atoms with Crippen LogP contribution in [0.1, 0.15) is 17.3 Å². The molecule has 0 radical (unpaired) electrons. The van der Waals surface area contributed by atoms with Crippen LogP contribution in [0.3, 0.4) is 0 Å². The number of ether oxygens (including phenoxy) is 1. The van der Waals surface area contributed by atoms with Gasteiger partial charge in [0.15, 0.2) is 0 Å². The third-order valence-corrected chi connectivity index (χ3v) is 4.47. The van der Waals surface area contributed by atoms with Gasteiger partial charge in [-0.1, -0.05) is 42.1 Å². The number of carbonyl (C=O) groups excluding carboxylic acids is 1. The Morgan fingerprint density at radius 3 is 2.54 bits per heavy atom. The number of pyridine rings is 1. The number of benzene rings is 2. The fraction of sp³-hybridized carbons (Fsp3) is 0.100. The van der Waals surface area contributed by atoms with Gasteiger partial charge in [-0.2, -0.15) is 0 Å². The molecular formula is C20H17NO2S. The van der Waals surface area contributed by atoms with Gasteiger partial charge in [0.05, 0.1) is 17.9 Å². The standard InChI is InChI=1S/C20H17NO2S/c1-2-23-20(22)15-11-12-17(18-10-6-7-13-21-18)19(14-15)24-16-8-4-3-5-9-16/h3-14H,2H2,1H3. The molecule has 1 aromatic heterocycles. The molecule has 1 heterocycles. The summed E-state index contributed by atoms with van der Waals surface area (Å²) in [7, 11) is 0. The Morgan fingerprint density at radius 1 is 1.04 bits per heavy atom. The van der Waals surface area contributed by atoms with Crippen LogP contribution in [0, 0.1) is 0 Å². The van der Waals surface area contributed by atoms with Crippen molar-refractivity contribution < 1.29 is 9.53 Å². The minimum Gasteiger partial charge on any atom is -0.462 e. The lowest BCUT2D eigenvalue weighted by atomic mass is 10.1. The lowest BCUT2D eigenvalue weighted by Crippen LogP contribution is -2.04. The van der Waals surface area contributed by atoms with E-state index in [1.807, 2.05) is 60.7 Å². The highest BCUT2D eigenvalue weighted by molar-refractivity contribution is 7.99. The molecule has 3 rings (SSSR count). The van der Waals surface area contributed by atoms with E-state index in [0.717, 1.165) is 21.0 Å². The average molecular weight is 335 g/mol. The van der Waals surface area contributed by atoms with E-state index in [1.54, 1.807) is 30.9 Å². The molecule has 0 amide bonds. The van der Waals surface area contributed by atoms with Crippen molar-refractivity contribution >= 4 is 17.7 Å². The summed E-state index contributed by atoms with van der Waals surface area (Å²) < 4.78 is 5.11. The molecule has 0 saturated carbocycles. The van der Waals surface area contributed by atoms with Crippen molar-refractivity contribution in [1.29, 1.82) is 0 Å². The fourth-order valence-electron chi connectivity index (χ4n) is 2.30. The normalized spacial score (nSPS) is 10.4. The molecule has 0 N–H and O–H groups in total. The molecule has 120 valence electrons. The van der Waals surface area contributed by atoms with E-state index < -0.39 is 0 Å². The molecule has 0 spiro atoms. The first-order chi connectivity index (χ1) is 11.8. The van der Waals surface area contributed by atoms with Crippen LogP contribution < -0.4 is 0 Å². The maximum absolute atomic E-state index is 12.1. The zero-order valence-corrected chi connectivity index (χ0v) is 14.1. The van der Waals surface area contributed by atoms with Gasteiger partial charge in [0.1, 0.15) is 0 Å². The molecule has 24 heavy (non-hydrogen) atoms. The predicted octanol–water partition coefficient (Wildman–Crippen LogP) is 5.08. The monoisotopic (exact) mass is 335 g/mol. The minimum absolute atomic E-state index is 0.306. The fourth-order valence-corrected chi connectivity index (χ4v) is 3.31. The Labute approximate surface area is 145 Å². The van der Waals surface area contributed by atoms with Crippen molar-refractivity contribution in [2.75, 3.05) is 6.61 Å². The lowest BCUT2D eigenvalue weighted by molar-refractivity contribution is 0.0526. The molecule has 0 aliphatic rings. The third-order valence-electron chi connectivity index (χ3n) is 3.40. The van der Waals surface area contributed by atoms with Gasteiger partial charge in [-0.15, -0.1) is 0 Å². The Balaban J connectivity index is 2.03. The maximum Gasteiger partial charge on any atom is 0.338 e. The van der Waals surface area contributed by atoms with Crippen LogP contribution in [0.4, 0.5) is 0 Å². The van der Waals surface area contributed by atoms with E-state index in [1.165, 1.54) is 0 Å². The van der Waals surface area contributed by atoms with Gasteiger partial charge >= 0.3 is 5.97 Å². The summed E-state index contributed by atoms with van der Waals surface area (Å²) in [5.41, 5.74) is 2.43. The topological polar surface area (TPSA) is 39.2 Å². The molecule has 0 fully saturated rings. The van der Waals surface area contributed by atoms with Crippen molar-refractivity contribution in [2.24, 2.45) is 0 Å². The second kappa shape index (κ2) is 7.79. The highest BCUT2D eigenvalue weighted by Crippen LogP contribution is 2.36. The zero-order valence-electron chi connectivity index (χ0n) is 13.3. The first-order valence-corrected chi connectivity index (χ1v) is 8.55. The first kappa shape index (κ1) is 16.3. The molecule has 3 aromatic rings. The van der Waals surface area contributed by atoms with Crippen LogP contribution in [0.25, 0.3) is 11.3 Å². The van der Waals surface area contributed by atoms with Crippen LogP contribution >= 0.6 is 11.8 Å². The van der Waals surface area contributed by atoms with Crippen molar-refractivity contribution in [3.05, 3.63) is 78.5 Å². The molecule has 2 aromatic carbocycles. The molecule has 0 unspecified atom stereocenters. The van der Waals surface area contributed by atoms with Gasteiger partial charge in [-0.3, -0.25) is 4.98 Å². The van der Waals surface area contributed by atoms with Gasteiger partial charge < -0.3 is 4.74 Å². The highest BCUT2D eigenvalue weighted by atomic mass is 32.2. The van der Waals surface area contributed by atoms with Crippen LogP contribution in [0.5, 0.6) is 0 Å². The zero-order chi connectivity index (χ0) is 16.8. The summed E-state index contributed by atoms with van der Waals surface area (Å²) >= 11 is 1.61. The smallest absolute Gasteiger partial charge is 0.338 e. The largest absolute Gasteiger partial charge is 0.462 e. The second-order valence-electron chi connectivity index (χ2n) is 5.06. The van der Waals surface area contributed by atoms with E-state index in [-0.39, 0.29) is 5.97 Å². The van der Waals surface area contributed by atoms with Crippen LogP contribution in [0.15, 0.2) is 82.7 Å². The molecule has 3 nitrogen and oxygen atoms in total. The van der Waals surface area contributed by atoms with E-state index in [9.17, 15) is 4.79 Å². The molecule has 0 aliphatic carbocycles. The predicted molar refractivity (Wildman–Crippen MR) is 96.2 cm³/mol. The summed E-state index contributed by atoms with van der Waals surface area (Å²) in [5, 5.41) is 0. The quantitative estimate of drug-likeness (QED) is 0.610. The summed E-state index contributed by atoms with van der Waals surface area (Å²) in [6, 6.07) is 21.5. The third kappa shape index (κ3) is 3.84. The van der Waals surface area contributed by atoms with Crippen molar-refractivity contribution in [3.8, 4) is 11.3 Å². The molecule has 4 heteroatoms. The Bertz CT molecular complexity index is 820. The number of rotatable bonds is 5. The number of esters is 1. The summed E-state index contributed by atoms with van der Waals surface area (Å²) in [6.07, 6.45) is 1.77. The second-order valence-corrected chi connectivity index (χ2v) is 6.18. The van der Waals surface area contributed by atoms with Crippen molar-refractivity contribution in [2.45, 2.75) is 16.7 Å². The summed E-state index contributed by atoms with van der Waals surface area (Å²) in [4.78, 5) is 18.6. The van der Waals surface area contributed by atoms with Crippen LogP contribution in [0.2, 0.25) is 0 Å². The van der Waals surface area contributed by atoms with Gasteiger partial charge in [0, 0.05) is 21.6 Å². The molecular weight excluding hydrogens is 318 g/mol. The summed E-state index contributed by atoms with van der Waals surface area (Å²) in [6.45, 7) is 2.17. The summed E-state index contributed by atoms with van der Waals surface area (Å²) in [5.74, 6) is -0.306. The van der Waals surface area contributed by atoms with Crippen molar-refractivity contribution in [3.63, 3.8) is 0 Å². The first-order valence-electron chi connectivity index (χ1n) is 7.73. The Hall–Kier alpha value is -2.59. The maximum atomic E-state index is 12.1. The number of hydrogen-bond donors (Lipinski definition) is 0. The molecule has 0 atom stereocenters. The Kier molecular flexibility index (Phi) is 5.29. The van der Waals surface area contributed by atoms with Gasteiger partial charge in [0.25, 0.3) is 0 Å². The number of carbonyl (C=O) groups is 1. The van der Waals surface area contributed by atoms with E-state index in [0.29, 0.717) is 12.2 Å². The number of aromatic nitrogens is 1. The van der Waals surface area contributed by atoms with Gasteiger partial charge in [0.2, 0.25) is 0 Å². The van der Waals surface area contributed by atoms with E-state index in [4.69, 9.17) is 4.74 Å². The van der Waals surface area contributed by atoms with Gasteiger partial charge in [-0.25, -0.2) is 4.79 Å². The number of nitrogens with zero attached hydrogens (tertiary/aromatic N) is 1. The molecule has 0 saturated heterocycles. The van der Waals surface area contributed by atoms with Gasteiger partial charge in [-0.05, 0) is 43.3 Å². The van der Waals surface area contributed by atoms with Crippen LogP contribution in [-0.4, -0.2) is 17.6 Å². The average Bonchev–Trinajstić information content (AvgIpc) is 2.63. The highest BCUT2D eigenvalue weighted by Gasteiger charge is 2.13. The molecule has 0 bridgehead atoms. The van der Waals surface area contributed by atoms with Crippen LogP contribution in [-0.2, 0) is 4.74 Å². The SMILES string of the molecule is CCOC(=O)c1ccc(-c2ccccn2)c(Sc2ccccc2)c1. The van der Waals surface area contributed by atoms with E-state index >= 15 is 0 Å². The molecule has 0 aliphatic heterocycles. The van der Waals surface area contributed by atoms with E-state index in [2.05, 4.69) is 4.98 Å². The van der Waals surface area contributed by atoms with Crippen molar-refractivity contribution in [1.82, 2.24) is 4.98 Å². The minimum atomic E-state index is -0.306.